The smallest absolute Gasteiger partial charge is 0.248 e. The van der Waals surface area contributed by atoms with Crippen molar-refractivity contribution in [2.45, 2.75) is 0 Å². The van der Waals surface area contributed by atoms with E-state index in [1.165, 1.54) is 26.4 Å². The average Bonchev–Trinajstić information content (AvgIpc) is 2.86. The Bertz CT molecular complexity index is 1230. The predicted octanol–water partition coefficient (Wildman–Crippen LogP) is 5.77. The summed E-state index contributed by atoms with van der Waals surface area (Å²) in [6.07, 6.45) is 9.17. The third-order valence-electron chi connectivity index (χ3n) is 4.83. The number of hydrogen-bond acceptors (Lipinski definition) is 5. The lowest BCUT2D eigenvalue weighted by atomic mass is 10.0. The lowest BCUT2D eigenvalue weighted by Crippen LogP contribution is -2.07. The molecule has 0 fully saturated rings. The van der Waals surface area contributed by atoms with E-state index in [-0.39, 0.29) is 5.91 Å². The first-order valence-electron chi connectivity index (χ1n) is 10.4. The first kappa shape index (κ1) is 24.0. The van der Waals surface area contributed by atoms with Gasteiger partial charge in [-0.2, -0.15) is 0 Å². The van der Waals surface area contributed by atoms with Crippen molar-refractivity contribution in [2.24, 2.45) is 0 Å². The topological polar surface area (TPSA) is 90.7 Å². The van der Waals surface area contributed by atoms with Gasteiger partial charge in [0.15, 0.2) is 0 Å². The summed E-state index contributed by atoms with van der Waals surface area (Å²) in [5.41, 5.74) is 3.74. The fraction of sp³-hybridized carbons (Fsp3) is 0.0741. The van der Waals surface area contributed by atoms with Crippen LogP contribution in [0.1, 0.15) is 22.3 Å². The molecule has 0 spiro atoms. The van der Waals surface area contributed by atoms with Gasteiger partial charge in [-0.1, -0.05) is 54.6 Å². The van der Waals surface area contributed by atoms with Gasteiger partial charge in [0.05, 0.1) is 19.1 Å². The van der Waals surface area contributed by atoms with E-state index in [1.807, 2.05) is 54.6 Å². The average molecular weight is 456 g/mol. The highest BCUT2D eigenvalue weighted by atomic mass is 16.6. The van der Waals surface area contributed by atoms with Gasteiger partial charge in [-0.25, -0.2) is 0 Å². The normalized spacial score (nSPS) is 11.2. The molecule has 0 aliphatic carbocycles. The maximum Gasteiger partial charge on any atom is 0.248 e. The van der Waals surface area contributed by atoms with Crippen LogP contribution in [0.3, 0.4) is 0 Å². The number of carbonyl (C=O) groups is 1. The number of nitro groups is 1. The van der Waals surface area contributed by atoms with E-state index in [9.17, 15) is 14.9 Å². The molecule has 7 heteroatoms. The number of rotatable bonds is 9. The van der Waals surface area contributed by atoms with Gasteiger partial charge in [0.1, 0.15) is 11.5 Å². The molecule has 1 N–H and O–H groups in total. The van der Waals surface area contributed by atoms with Crippen molar-refractivity contribution in [3.63, 3.8) is 0 Å². The second kappa shape index (κ2) is 11.8. The lowest BCUT2D eigenvalue weighted by molar-refractivity contribution is -0.400. The summed E-state index contributed by atoms with van der Waals surface area (Å²) in [6.45, 7) is 0. The van der Waals surface area contributed by atoms with Crippen molar-refractivity contribution >= 4 is 35.9 Å². The maximum absolute atomic E-state index is 12.2. The Hall–Kier alpha value is -4.65. The number of hydrogen-bond donors (Lipinski definition) is 1. The van der Waals surface area contributed by atoms with Gasteiger partial charge in [-0.05, 0) is 41.0 Å². The van der Waals surface area contributed by atoms with Gasteiger partial charge in [0.2, 0.25) is 12.1 Å². The lowest BCUT2D eigenvalue weighted by Gasteiger charge is -2.11. The number of benzene rings is 3. The van der Waals surface area contributed by atoms with E-state index in [0.29, 0.717) is 28.3 Å². The first-order chi connectivity index (χ1) is 16.5. The largest absolute Gasteiger partial charge is 0.497 e. The molecule has 0 aromatic heterocycles. The van der Waals surface area contributed by atoms with E-state index >= 15 is 0 Å². The Balaban J connectivity index is 1.75. The van der Waals surface area contributed by atoms with Crippen LogP contribution in [0, 0.1) is 10.1 Å². The zero-order valence-electron chi connectivity index (χ0n) is 18.8. The third kappa shape index (κ3) is 6.93. The monoisotopic (exact) mass is 456 g/mol. The van der Waals surface area contributed by atoms with Gasteiger partial charge in [0.25, 0.3) is 0 Å². The molecule has 0 aliphatic rings. The van der Waals surface area contributed by atoms with Crippen LogP contribution in [-0.2, 0) is 4.79 Å². The number of amides is 1. The summed E-state index contributed by atoms with van der Waals surface area (Å²) in [4.78, 5) is 22.4. The zero-order chi connectivity index (χ0) is 24.3. The SMILES string of the molecule is COc1cc(/C=C/c2ccc(NC(=O)/C=C/c3ccccc3)cc2)c(/C=C/[N+](=O)[O-])c(OC)c1. The Morgan fingerprint density at radius 3 is 2.24 bits per heavy atom. The Labute approximate surface area is 197 Å². The van der Waals surface area contributed by atoms with Gasteiger partial charge >= 0.3 is 0 Å². The highest BCUT2D eigenvalue weighted by molar-refractivity contribution is 6.02. The summed E-state index contributed by atoms with van der Waals surface area (Å²) < 4.78 is 10.7. The second-order valence-corrected chi connectivity index (χ2v) is 7.12. The molecule has 3 aromatic rings. The third-order valence-corrected chi connectivity index (χ3v) is 4.83. The van der Waals surface area contributed by atoms with Crippen molar-refractivity contribution in [3.8, 4) is 11.5 Å². The first-order valence-corrected chi connectivity index (χ1v) is 10.4. The molecule has 0 unspecified atom stereocenters. The minimum atomic E-state index is -0.529. The molecule has 0 atom stereocenters. The molecule has 0 saturated carbocycles. The van der Waals surface area contributed by atoms with Crippen LogP contribution in [0.15, 0.2) is 79.0 Å². The van der Waals surface area contributed by atoms with Crippen LogP contribution >= 0.6 is 0 Å². The Morgan fingerprint density at radius 1 is 0.882 bits per heavy atom. The molecule has 3 rings (SSSR count). The summed E-state index contributed by atoms with van der Waals surface area (Å²) in [7, 11) is 3.03. The van der Waals surface area contributed by atoms with Gasteiger partial charge in [-0.3, -0.25) is 14.9 Å². The molecular weight excluding hydrogens is 432 g/mol. The Morgan fingerprint density at radius 2 is 1.59 bits per heavy atom. The number of nitrogens with zero attached hydrogens (tertiary/aromatic N) is 1. The predicted molar refractivity (Wildman–Crippen MR) is 135 cm³/mol. The highest BCUT2D eigenvalue weighted by Crippen LogP contribution is 2.31. The van der Waals surface area contributed by atoms with Crippen molar-refractivity contribution < 1.29 is 19.2 Å². The summed E-state index contributed by atoms with van der Waals surface area (Å²) in [5.74, 6) is 0.799. The number of methoxy groups -OCH3 is 2. The molecule has 34 heavy (non-hydrogen) atoms. The summed E-state index contributed by atoms with van der Waals surface area (Å²) in [5, 5.41) is 13.6. The second-order valence-electron chi connectivity index (χ2n) is 7.12. The standard InChI is InChI=1S/C27H24N2O5/c1-33-24-18-22(25(16-17-29(31)32)26(19-24)34-2)12-8-21-9-13-23(14-10-21)28-27(30)15-11-20-6-4-3-5-7-20/h3-19H,1-2H3,(H,28,30)/b12-8+,15-11+,17-16+. The number of nitrogens with one attached hydrogen (secondary N) is 1. The molecule has 0 aliphatic heterocycles. The minimum Gasteiger partial charge on any atom is -0.497 e. The zero-order valence-corrected chi connectivity index (χ0v) is 18.8. The molecule has 7 nitrogen and oxygen atoms in total. The fourth-order valence-corrected chi connectivity index (χ4v) is 3.14. The van der Waals surface area contributed by atoms with Crippen molar-refractivity contribution in [1.82, 2.24) is 0 Å². The molecule has 3 aromatic carbocycles. The van der Waals surface area contributed by atoms with Crippen molar-refractivity contribution in [3.05, 3.63) is 111 Å². The van der Waals surface area contributed by atoms with Gasteiger partial charge < -0.3 is 14.8 Å². The maximum atomic E-state index is 12.2. The van der Waals surface area contributed by atoms with E-state index in [0.717, 1.165) is 17.3 Å². The van der Waals surface area contributed by atoms with Crippen LogP contribution in [0.2, 0.25) is 0 Å². The van der Waals surface area contributed by atoms with Crippen LogP contribution in [0.4, 0.5) is 5.69 Å². The van der Waals surface area contributed by atoms with E-state index in [2.05, 4.69) is 5.32 Å². The van der Waals surface area contributed by atoms with Gasteiger partial charge in [-0.15, -0.1) is 0 Å². The highest BCUT2D eigenvalue weighted by Gasteiger charge is 2.10. The number of anilines is 1. The summed E-state index contributed by atoms with van der Waals surface area (Å²) in [6, 6.07) is 20.3. The van der Waals surface area contributed by atoms with Gasteiger partial charge in [0, 0.05) is 29.5 Å². The van der Waals surface area contributed by atoms with E-state index in [4.69, 9.17) is 9.47 Å². The molecule has 0 heterocycles. The minimum absolute atomic E-state index is 0.224. The van der Waals surface area contributed by atoms with E-state index in [1.54, 1.807) is 30.3 Å². The molecule has 172 valence electrons. The van der Waals surface area contributed by atoms with Crippen LogP contribution in [-0.4, -0.2) is 25.1 Å². The Kier molecular flexibility index (Phi) is 8.35. The molecule has 0 saturated heterocycles. The fourth-order valence-electron chi connectivity index (χ4n) is 3.14. The summed E-state index contributed by atoms with van der Waals surface area (Å²) >= 11 is 0. The number of carbonyl (C=O) groups excluding carboxylic acids is 1. The molecular formula is C27H24N2O5. The van der Waals surface area contributed by atoms with Crippen LogP contribution in [0.5, 0.6) is 11.5 Å². The van der Waals surface area contributed by atoms with E-state index < -0.39 is 4.92 Å². The molecule has 1 amide bonds. The number of ether oxygens (including phenoxy) is 2. The molecule has 0 bridgehead atoms. The van der Waals surface area contributed by atoms with Crippen molar-refractivity contribution in [1.29, 1.82) is 0 Å². The van der Waals surface area contributed by atoms with Crippen molar-refractivity contribution in [2.75, 3.05) is 19.5 Å². The quantitative estimate of drug-likeness (QED) is 0.191. The van der Waals surface area contributed by atoms with Crippen LogP contribution in [0.25, 0.3) is 24.3 Å². The van der Waals surface area contributed by atoms with Crippen LogP contribution < -0.4 is 14.8 Å². The molecule has 0 radical (unpaired) electrons.